The number of benzene rings is 3. The Labute approximate surface area is 202 Å². The van der Waals surface area contributed by atoms with Gasteiger partial charge in [0.05, 0.1) is 31.6 Å². The van der Waals surface area contributed by atoms with Crippen molar-refractivity contribution in [3.05, 3.63) is 82.9 Å². The molecule has 0 saturated carbocycles. The van der Waals surface area contributed by atoms with Crippen molar-refractivity contribution < 1.29 is 23.9 Å². The van der Waals surface area contributed by atoms with E-state index in [1.807, 2.05) is 55.5 Å². The van der Waals surface area contributed by atoms with E-state index < -0.39 is 24.0 Å². The van der Waals surface area contributed by atoms with E-state index in [4.69, 9.17) is 25.9 Å². The van der Waals surface area contributed by atoms with E-state index in [1.165, 1.54) is 4.90 Å². The zero-order chi connectivity index (χ0) is 24.0. The molecule has 0 bridgehead atoms. The standard InChI is InChI=1S/C26H23ClN2O5/c1-15-4-7-18(14-21(15)27)28-25(30)22-23(16-5-10-19(32-2)11-6-16)29(34-24(22)26(28)31)17-8-12-20(33-3)13-9-17/h4-14,22-24H,1-3H3. The topological polar surface area (TPSA) is 68.3 Å². The van der Waals surface area contributed by atoms with Gasteiger partial charge in [-0.25, -0.2) is 9.96 Å². The molecule has 34 heavy (non-hydrogen) atoms. The number of nitrogens with zero attached hydrogens (tertiary/aromatic N) is 2. The monoisotopic (exact) mass is 478 g/mol. The minimum Gasteiger partial charge on any atom is -0.497 e. The van der Waals surface area contributed by atoms with E-state index >= 15 is 0 Å². The quantitative estimate of drug-likeness (QED) is 0.494. The van der Waals surface area contributed by atoms with E-state index in [1.54, 1.807) is 37.5 Å². The maximum Gasteiger partial charge on any atom is 0.266 e. The number of anilines is 2. The summed E-state index contributed by atoms with van der Waals surface area (Å²) in [5.74, 6) is -0.0852. The molecule has 3 aromatic rings. The lowest BCUT2D eigenvalue weighted by Crippen LogP contribution is -2.37. The Balaban J connectivity index is 1.56. The molecule has 2 aliphatic heterocycles. The predicted octanol–water partition coefficient (Wildman–Crippen LogP) is 4.72. The molecule has 2 aliphatic rings. The average molecular weight is 479 g/mol. The number of fused-ring (bicyclic) bond motifs is 1. The van der Waals surface area contributed by atoms with Crippen LogP contribution in [-0.4, -0.2) is 32.1 Å². The van der Waals surface area contributed by atoms with E-state index in [-0.39, 0.29) is 5.91 Å². The average Bonchev–Trinajstić information content (AvgIpc) is 3.37. The van der Waals surface area contributed by atoms with Crippen LogP contribution >= 0.6 is 11.6 Å². The highest BCUT2D eigenvalue weighted by Gasteiger charge is 2.60. The van der Waals surface area contributed by atoms with Gasteiger partial charge in [0.1, 0.15) is 17.4 Å². The number of halogens is 1. The minimum absolute atomic E-state index is 0.327. The molecule has 0 radical (unpaired) electrons. The Kier molecular flexibility index (Phi) is 5.67. The molecular formula is C26H23ClN2O5. The van der Waals surface area contributed by atoms with Crippen LogP contribution in [0.4, 0.5) is 11.4 Å². The van der Waals surface area contributed by atoms with Gasteiger partial charge in [-0.2, -0.15) is 0 Å². The first-order chi connectivity index (χ1) is 16.4. The third-order valence-electron chi connectivity index (χ3n) is 6.31. The van der Waals surface area contributed by atoms with Gasteiger partial charge >= 0.3 is 0 Å². The number of rotatable bonds is 5. The van der Waals surface area contributed by atoms with Crippen molar-refractivity contribution in [3.8, 4) is 11.5 Å². The third-order valence-corrected chi connectivity index (χ3v) is 6.72. The molecule has 0 spiro atoms. The number of aryl methyl sites for hydroxylation is 1. The van der Waals surface area contributed by atoms with E-state index in [2.05, 4.69) is 0 Å². The lowest BCUT2D eigenvalue weighted by atomic mass is 9.90. The molecule has 2 amide bonds. The molecule has 0 N–H and O–H groups in total. The smallest absolute Gasteiger partial charge is 0.266 e. The normalized spacial score (nSPS) is 21.7. The summed E-state index contributed by atoms with van der Waals surface area (Å²) >= 11 is 6.28. The number of hydrogen-bond acceptors (Lipinski definition) is 6. The number of carbonyl (C=O) groups excluding carboxylic acids is 2. The van der Waals surface area contributed by atoms with Crippen LogP contribution < -0.4 is 19.4 Å². The largest absolute Gasteiger partial charge is 0.497 e. The zero-order valence-electron chi connectivity index (χ0n) is 18.9. The Hall–Kier alpha value is -3.55. The van der Waals surface area contributed by atoms with Gasteiger partial charge < -0.3 is 9.47 Å². The van der Waals surface area contributed by atoms with Crippen LogP contribution in [0.15, 0.2) is 66.7 Å². The summed E-state index contributed by atoms with van der Waals surface area (Å²) in [5, 5.41) is 2.13. The zero-order valence-corrected chi connectivity index (χ0v) is 19.7. The Morgan fingerprint density at radius 2 is 1.41 bits per heavy atom. The van der Waals surface area contributed by atoms with Gasteiger partial charge in [-0.05, 0) is 66.6 Å². The van der Waals surface area contributed by atoms with E-state index in [9.17, 15) is 9.59 Å². The summed E-state index contributed by atoms with van der Waals surface area (Å²) in [7, 11) is 3.19. The fourth-order valence-electron chi connectivity index (χ4n) is 4.48. The number of imide groups is 1. The van der Waals surface area contributed by atoms with Gasteiger partial charge in [0, 0.05) is 5.02 Å². The van der Waals surface area contributed by atoms with Crippen molar-refractivity contribution in [2.75, 3.05) is 24.2 Å². The molecule has 5 rings (SSSR count). The summed E-state index contributed by atoms with van der Waals surface area (Å²) < 4.78 is 10.5. The molecule has 3 atom stereocenters. The predicted molar refractivity (Wildman–Crippen MR) is 128 cm³/mol. The summed E-state index contributed by atoms with van der Waals surface area (Å²) in [6.07, 6.45) is -0.957. The second-order valence-corrected chi connectivity index (χ2v) is 8.65. The Bertz CT molecular complexity index is 1250. The lowest BCUT2D eigenvalue weighted by Gasteiger charge is -2.29. The van der Waals surface area contributed by atoms with Crippen LogP contribution in [0.2, 0.25) is 5.02 Å². The van der Waals surface area contributed by atoms with Gasteiger partial charge in [-0.1, -0.05) is 29.8 Å². The molecule has 8 heteroatoms. The number of ether oxygens (including phenoxy) is 2. The molecule has 0 aliphatic carbocycles. The SMILES string of the molecule is COc1ccc(C2C3C(=O)N(c4ccc(C)c(Cl)c4)C(=O)C3ON2c2ccc(OC)cc2)cc1. The maximum atomic E-state index is 13.7. The number of amides is 2. The van der Waals surface area contributed by atoms with Gasteiger partial charge in [0.25, 0.3) is 5.91 Å². The van der Waals surface area contributed by atoms with Crippen molar-refractivity contribution >= 4 is 34.8 Å². The van der Waals surface area contributed by atoms with E-state index in [0.29, 0.717) is 27.9 Å². The van der Waals surface area contributed by atoms with Gasteiger partial charge in [-0.3, -0.25) is 14.4 Å². The maximum absolute atomic E-state index is 13.7. The molecule has 3 aromatic carbocycles. The summed E-state index contributed by atoms with van der Waals surface area (Å²) in [6.45, 7) is 1.87. The first kappa shape index (κ1) is 22.3. The fraction of sp³-hybridized carbons (Fsp3) is 0.231. The third kappa shape index (κ3) is 3.57. The van der Waals surface area contributed by atoms with Crippen LogP contribution in [0.1, 0.15) is 17.2 Å². The highest BCUT2D eigenvalue weighted by molar-refractivity contribution is 6.32. The molecule has 174 valence electrons. The number of hydroxylamine groups is 1. The molecular weight excluding hydrogens is 456 g/mol. The number of hydrogen-bond donors (Lipinski definition) is 0. The summed E-state index contributed by atoms with van der Waals surface area (Å²) in [4.78, 5) is 34.5. The first-order valence-corrected chi connectivity index (χ1v) is 11.2. The van der Waals surface area contributed by atoms with Gasteiger partial charge in [0.15, 0.2) is 6.10 Å². The molecule has 0 aromatic heterocycles. The van der Waals surface area contributed by atoms with Crippen molar-refractivity contribution in [1.29, 1.82) is 0 Å². The van der Waals surface area contributed by atoms with Crippen LogP contribution in [0.5, 0.6) is 11.5 Å². The molecule has 7 nitrogen and oxygen atoms in total. The van der Waals surface area contributed by atoms with Crippen LogP contribution in [0, 0.1) is 12.8 Å². The van der Waals surface area contributed by atoms with Crippen LogP contribution in [0.25, 0.3) is 0 Å². The first-order valence-electron chi connectivity index (χ1n) is 10.8. The highest BCUT2D eigenvalue weighted by Crippen LogP contribution is 2.48. The Morgan fingerprint density at radius 1 is 0.824 bits per heavy atom. The van der Waals surface area contributed by atoms with Crippen molar-refractivity contribution in [3.63, 3.8) is 0 Å². The number of methoxy groups -OCH3 is 2. The molecule has 2 heterocycles. The van der Waals surface area contributed by atoms with Crippen molar-refractivity contribution in [2.45, 2.75) is 19.1 Å². The lowest BCUT2D eigenvalue weighted by molar-refractivity contribution is -0.126. The van der Waals surface area contributed by atoms with Crippen LogP contribution in [-0.2, 0) is 14.4 Å². The minimum atomic E-state index is -0.957. The van der Waals surface area contributed by atoms with Crippen LogP contribution in [0.3, 0.4) is 0 Å². The molecule has 2 saturated heterocycles. The van der Waals surface area contributed by atoms with Gasteiger partial charge in [0.2, 0.25) is 5.91 Å². The summed E-state index contributed by atoms with van der Waals surface area (Å²) in [5.41, 5.74) is 2.84. The molecule has 3 unspecified atom stereocenters. The molecule has 2 fully saturated rings. The summed E-state index contributed by atoms with van der Waals surface area (Å²) in [6, 6.07) is 19.3. The highest BCUT2D eigenvalue weighted by atomic mass is 35.5. The van der Waals surface area contributed by atoms with Crippen molar-refractivity contribution in [2.24, 2.45) is 5.92 Å². The van der Waals surface area contributed by atoms with Gasteiger partial charge in [-0.15, -0.1) is 0 Å². The van der Waals surface area contributed by atoms with Crippen molar-refractivity contribution in [1.82, 2.24) is 0 Å². The second kappa shape index (κ2) is 8.66. The fourth-order valence-corrected chi connectivity index (χ4v) is 4.66. The van der Waals surface area contributed by atoms with E-state index in [0.717, 1.165) is 11.1 Å². The Morgan fingerprint density at radius 3 is 2.00 bits per heavy atom. The number of carbonyl (C=O) groups is 2. The second-order valence-electron chi connectivity index (χ2n) is 8.24.